The molecule has 0 aromatic heterocycles. The van der Waals surface area contributed by atoms with Crippen LogP contribution in [0.1, 0.15) is 53.4 Å². The fourth-order valence-electron chi connectivity index (χ4n) is 2.89. The molecule has 118 valence electrons. The fourth-order valence-corrected chi connectivity index (χ4v) is 2.89. The first kappa shape index (κ1) is 17.4. The van der Waals surface area contributed by atoms with Crippen LogP contribution in [0.15, 0.2) is 0 Å². The maximum atomic E-state index is 12.1. The molecule has 1 aliphatic heterocycles. The van der Waals surface area contributed by atoms with Crippen LogP contribution >= 0.6 is 0 Å². The van der Waals surface area contributed by atoms with Crippen molar-refractivity contribution in [2.75, 3.05) is 32.8 Å². The van der Waals surface area contributed by atoms with Crippen LogP contribution in [0.3, 0.4) is 0 Å². The van der Waals surface area contributed by atoms with Gasteiger partial charge in [-0.25, -0.2) is 0 Å². The lowest BCUT2D eigenvalue weighted by Crippen LogP contribution is -2.50. The van der Waals surface area contributed by atoms with Gasteiger partial charge in [-0.05, 0) is 71.6 Å². The van der Waals surface area contributed by atoms with Crippen LogP contribution in [-0.4, -0.2) is 49.2 Å². The van der Waals surface area contributed by atoms with E-state index in [1.807, 2.05) is 20.8 Å². The SMILES string of the molecule is CCNC(C)(CCCN1CCC(C)CC1)C(=O)OCC. The molecule has 0 aromatic carbocycles. The molecular weight excluding hydrogens is 252 g/mol. The molecule has 0 spiro atoms. The Balaban J connectivity index is 2.36. The lowest BCUT2D eigenvalue weighted by atomic mass is 9.94. The van der Waals surface area contributed by atoms with Gasteiger partial charge in [-0.15, -0.1) is 0 Å². The number of likely N-dealkylation sites (tertiary alicyclic amines) is 1. The summed E-state index contributed by atoms with van der Waals surface area (Å²) in [7, 11) is 0. The van der Waals surface area contributed by atoms with E-state index in [9.17, 15) is 4.79 Å². The molecule has 1 fully saturated rings. The average Bonchev–Trinajstić information content (AvgIpc) is 2.41. The molecule has 0 amide bonds. The van der Waals surface area contributed by atoms with Crippen molar-refractivity contribution in [1.29, 1.82) is 0 Å². The quantitative estimate of drug-likeness (QED) is 0.695. The highest BCUT2D eigenvalue weighted by Crippen LogP contribution is 2.19. The molecule has 0 bridgehead atoms. The van der Waals surface area contributed by atoms with Gasteiger partial charge >= 0.3 is 5.97 Å². The van der Waals surface area contributed by atoms with Crippen molar-refractivity contribution < 1.29 is 9.53 Å². The molecule has 0 aliphatic carbocycles. The zero-order chi connectivity index (χ0) is 15.0. The second-order valence-corrected chi connectivity index (χ2v) is 6.21. The summed E-state index contributed by atoms with van der Waals surface area (Å²) in [6.45, 7) is 12.9. The molecule has 0 aromatic rings. The zero-order valence-corrected chi connectivity index (χ0v) is 13.7. The molecule has 4 heteroatoms. The summed E-state index contributed by atoms with van der Waals surface area (Å²) in [5.74, 6) is 0.756. The standard InChI is InChI=1S/C16H32N2O2/c1-5-17-16(4,15(19)20-6-2)10-7-11-18-12-8-14(3)9-13-18/h14,17H,5-13H2,1-4H3. The Bertz CT molecular complexity index is 288. The highest BCUT2D eigenvalue weighted by atomic mass is 16.5. The van der Waals surface area contributed by atoms with E-state index in [0.717, 1.165) is 31.8 Å². The Kier molecular flexibility index (Phi) is 7.52. The van der Waals surface area contributed by atoms with Gasteiger partial charge in [0.25, 0.3) is 0 Å². The van der Waals surface area contributed by atoms with Crippen LogP contribution in [-0.2, 0) is 9.53 Å². The van der Waals surface area contributed by atoms with Crippen molar-refractivity contribution in [3.63, 3.8) is 0 Å². The average molecular weight is 284 g/mol. The summed E-state index contributed by atoms with van der Waals surface area (Å²) in [5.41, 5.74) is -0.534. The lowest BCUT2D eigenvalue weighted by molar-refractivity contribution is -0.150. The van der Waals surface area contributed by atoms with Gasteiger partial charge in [0.1, 0.15) is 5.54 Å². The van der Waals surface area contributed by atoms with Crippen LogP contribution in [0.2, 0.25) is 0 Å². The number of hydrogen-bond donors (Lipinski definition) is 1. The van der Waals surface area contributed by atoms with Crippen LogP contribution < -0.4 is 5.32 Å². The van der Waals surface area contributed by atoms with E-state index in [4.69, 9.17) is 4.74 Å². The number of esters is 1. The molecule has 1 atom stereocenters. The Hall–Kier alpha value is -0.610. The van der Waals surface area contributed by atoms with E-state index in [1.54, 1.807) is 0 Å². The van der Waals surface area contributed by atoms with E-state index in [0.29, 0.717) is 6.61 Å². The number of carbonyl (C=O) groups is 1. The van der Waals surface area contributed by atoms with Gasteiger partial charge in [-0.3, -0.25) is 4.79 Å². The second-order valence-electron chi connectivity index (χ2n) is 6.21. The number of carbonyl (C=O) groups excluding carboxylic acids is 1. The zero-order valence-electron chi connectivity index (χ0n) is 13.7. The van der Waals surface area contributed by atoms with Crippen molar-refractivity contribution in [2.45, 2.75) is 58.9 Å². The van der Waals surface area contributed by atoms with Crippen molar-refractivity contribution in [3.05, 3.63) is 0 Å². The second kappa shape index (κ2) is 8.63. The first-order chi connectivity index (χ1) is 9.51. The number of rotatable bonds is 8. The van der Waals surface area contributed by atoms with Gasteiger partial charge in [-0.2, -0.15) is 0 Å². The highest BCUT2D eigenvalue weighted by Gasteiger charge is 2.33. The van der Waals surface area contributed by atoms with Gasteiger partial charge in [0.15, 0.2) is 0 Å². The third-order valence-electron chi connectivity index (χ3n) is 4.32. The molecule has 1 unspecified atom stereocenters. The minimum absolute atomic E-state index is 0.117. The van der Waals surface area contributed by atoms with Gasteiger partial charge in [0.2, 0.25) is 0 Å². The predicted molar refractivity (Wildman–Crippen MR) is 82.8 cm³/mol. The van der Waals surface area contributed by atoms with Crippen LogP contribution in [0, 0.1) is 5.92 Å². The highest BCUT2D eigenvalue weighted by molar-refractivity contribution is 5.80. The Labute approximate surface area is 124 Å². The Morgan fingerprint density at radius 2 is 2.00 bits per heavy atom. The molecule has 1 aliphatic rings. The molecule has 1 heterocycles. The van der Waals surface area contributed by atoms with Crippen molar-refractivity contribution in [1.82, 2.24) is 10.2 Å². The van der Waals surface area contributed by atoms with Gasteiger partial charge < -0.3 is 15.0 Å². The maximum Gasteiger partial charge on any atom is 0.326 e. The van der Waals surface area contributed by atoms with Crippen LogP contribution in [0.4, 0.5) is 0 Å². The van der Waals surface area contributed by atoms with Gasteiger partial charge in [0.05, 0.1) is 6.61 Å². The molecule has 1 rings (SSSR count). The molecule has 1 saturated heterocycles. The number of hydrogen-bond acceptors (Lipinski definition) is 4. The van der Waals surface area contributed by atoms with E-state index in [2.05, 4.69) is 17.1 Å². The first-order valence-electron chi connectivity index (χ1n) is 8.16. The third kappa shape index (κ3) is 5.41. The molecule has 20 heavy (non-hydrogen) atoms. The van der Waals surface area contributed by atoms with E-state index < -0.39 is 5.54 Å². The minimum atomic E-state index is -0.534. The molecule has 1 N–H and O–H groups in total. The van der Waals surface area contributed by atoms with Gasteiger partial charge in [0, 0.05) is 0 Å². The van der Waals surface area contributed by atoms with Crippen molar-refractivity contribution in [3.8, 4) is 0 Å². The summed E-state index contributed by atoms with van der Waals surface area (Å²) >= 11 is 0. The normalized spacial score (nSPS) is 20.6. The van der Waals surface area contributed by atoms with E-state index >= 15 is 0 Å². The van der Waals surface area contributed by atoms with E-state index in [1.165, 1.54) is 25.9 Å². The number of nitrogens with one attached hydrogen (secondary N) is 1. The van der Waals surface area contributed by atoms with Crippen molar-refractivity contribution in [2.24, 2.45) is 5.92 Å². The third-order valence-corrected chi connectivity index (χ3v) is 4.32. The van der Waals surface area contributed by atoms with Gasteiger partial charge in [-0.1, -0.05) is 13.8 Å². The summed E-state index contributed by atoms with van der Waals surface area (Å²) in [5, 5.41) is 3.30. The summed E-state index contributed by atoms with van der Waals surface area (Å²) in [6.07, 6.45) is 4.49. The largest absolute Gasteiger partial charge is 0.465 e. The topological polar surface area (TPSA) is 41.6 Å². The van der Waals surface area contributed by atoms with E-state index in [-0.39, 0.29) is 5.97 Å². The summed E-state index contributed by atoms with van der Waals surface area (Å²) in [6, 6.07) is 0. The molecule has 0 radical (unpaired) electrons. The molecular formula is C16H32N2O2. The first-order valence-corrected chi connectivity index (χ1v) is 8.16. The number of piperidine rings is 1. The fraction of sp³-hybridized carbons (Fsp3) is 0.938. The number of ether oxygens (including phenoxy) is 1. The number of nitrogens with zero attached hydrogens (tertiary/aromatic N) is 1. The molecule has 0 saturated carbocycles. The van der Waals surface area contributed by atoms with Crippen LogP contribution in [0.25, 0.3) is 0 Å². The Morgan fingerprint density at radius 3 is 2.55 bits per heavy atom. The summed E-state index contributed by atoms with van der Waals surface area (Å²) in [4.78, 5) is 14.6. The smallest absolute Gasteiger partial charge is 0.326 e. The predicted octanol–water partition coefficient (Wildman–Crippen LogP) is 2.43. The Morgan fingerprint density at radius 1 is 1.35 bits per heavy atom. The molecule has 4 nitrogen and oxygen atoms in total. The maximum absolute atomic E-state index is 12.1. The minimum Gasteiger partial charge on any atom is -0.465 e. The van der Waals surface area contributed by atoms with Crippen LogP contribution in [0.5, 0.6) is 0 Å². The number of likely N-dealkylation sites (N-methyl/N-ethyl adjacent to an activating group) is 1. The summed E-state index contributed by atoms with van der Waals surface area (Å²) < 4.78 is 5.20. The lowest BCUT2D eigenvalue weighted by Gasteiger charge is -2.32. The van der Waals surface area contributed by atoms with Crippen molar-refractivity contribution >= 4 is 5.97 Å². The monoisotopic (exact) mass is 284 g/mol.